The molecule has 16 heavy (non-hydrogen) atoms. The minimum absolute atomic E-state index is 0.0938. The summed E-state index contributed by atoms with van der Waals surface area (Å²) in [6.45, 7) is 6.53. The molecule has 0 amide bonds. The molecule has 1 aromatic rings. The lowest BCUT2D eigenvalue weighted by Crippen LogP contribution is -2.16. The number of esters is 1. The van der Waals surface area contributed by atoms with Gasteiger partial charge in [-0.3, -0.25) is 4.68 Å². The molecule has 0 spiro atoms. The molecule has 1 heterocycles. The quantitative estimate of drug-likeness (QED) is 0.776. The molecule has 0 aliphatic heterocycles. The summed E-state index contributed by atoms with van der Waals surface area (Å²) in [4.78, 5) is 11.7. The Morgan fingerprint density at radius 3 is 2.81 bits per heavy atom. The van der Waals surface area contributed by atoms with Gasteiger partial charge in [0.1, 0.15) is 0 Å². The van der Waals surface area contributed by atoms with Gasteiger partial charge in [-0.15, -0.1) is 0 Å². The zero-order chi connectivity index (χ0) is 12.1. The Bertz CT molecular complexity index is 360. The first kappa shape index (κ1) is 12.5. The van der Waals surface area contributed by atoms with Gasteiger partial charge in [-0.25, -0.2) is 4.79 Å². The number of rotatable bonds is 5. The highest BCUT2D eigenvalue weighted by atomic mass is 16.5. The standard InChI is InChI=1S/C11H19N3O2/c1-4-6-8(3)16-11(15)10-9(12)7-14(5-2)13-10/h7-8H,4-6,12H2,1-3H3. The number of hydrogen-bond donors (Lipinski definition) is 1. The summed E-state index contributed by atoms with van der Waals surface area (Å²) in [5, 5.41) is 4.06. The minimum Gasteiger partial charge on any atom is -0.458 e. The molecule has 0 radical (unpaired) electrons. The minimum atomic E-state index is -0.439. The molecule has 90 valence electrons. The molecular weight excluding hydrogens is 206 g/mol. The van der Waals surface area contributed by atoms with Crippen LogP contribution in [0, 0.1) is 0 Å². The van der Waals surface area contributed by atoms with E-state index in [4.69, 9.17) is 10.5 Å². The smallest absolute Gasteiger partial charge is 0.361 e. The first-order chi connectivity index (χ1) is 7.58. The Morgan fingerprint density at radius 2 is 2.31 bits per heavy atom. The summed E-state index contributed by atoms with van der Waals surface area (Å²) in [5.74, 6) is -0.439. The number of aromatic nitrogens is 2. The lowest BCUT2D eigenvalue weighted by atomic mass is 10.2. The molecule has 0 bridgehead atoms. The first-order valence-corrected chi connectivity index (χ1v) is 5.62. The number of anilines is 1. The largest absolute Gasteiger partial charge is 0.458 e. The van der Waals surface area contributed by atoms with Crippen LogP contribution in [0.25, 0.3) is 0 Å². The predicted octanol–water partition coefficient (Wildman–Crippen LogP) is 1.83. The molecule has 5 nitrogen and oxygen atoms in total. The van der Waals surface area contributed by atoms with Crippen LogP contribution in [0.15, 0.2) is 6.20 Å². The molecule has 1 unspecified atom stereocenters. The molecule has 1 aromatic heterocycles. The van der Waals surface area contributed by atoms with Gasteiger partial charge in [0, 0.05) is 12.7 Å². The third-order valence-electron chi connectivity index (χ3n) is 2.31. The fourth-order valence-corrected chi connectivity index (χ4v) is 1.46. The molecule has 2 N–H and O–H groups in total. The Balaban J connectivity index is 2.68. The number of aryl methyl sites for hydroxylation is 1. The third-order valence-corrected chi connectivity index (χ3v) is 2.31. The van der Waals surface area contributed by atoms with Crippen LogP contribution < -0.4 is 5.73 Å². The second kappa shape index (κ2) is 5.53. The maximum absolute atomic E-state index is 11.7. The number of ether oxygens (including phenoxy) is 1. The van der Waals surface area contributed by atoms with Crippen molar-refractivity contribution in [2.24, 2.45) is 0 Å². The van der Waals surface area contributed by atoms with Gasteiger partial charge in [0.25, 0.3) is 0 Å². The number of nitrogen functional groups attached to an aromatic ring is 1. The van der Waals surface area contributed by atoms with E-state index in [1.165, 1.54) is 0 Å². The fraction of sp³-hybridized carbons (Fsp3) is 0.636. The number of nitrogens with two attached hydrogens (primary N) is 1. The number of nitrogens with zero attached hydrogens (tertiary/aromatic N) is 2. The van der Waals surface area contributed by atoms with Gasteiger partial charge in [-0.1, -0.05) is 13.3 Å². The maximum Gasteiger partial charge on any atom is 0.361 e. The number of hydrogen-bond acceptors (Lipinski definition) is 4. The maximum atomic E-state index is 11.7. The monoisotopic (exact) mass is 225 g/mol. The van der Waals surface area contributed by atoms with Gasteiger partial charge in [-0.05, 0) is 20.3 Å². The second-order valence-corrected chi connectivity index (χ2v) is 3.79. The Morgan fingerprint density at radius 1 is 1.62 bits per heavy atom. The van der Waals surface area contributed by atoms with E-state index in [-0.39, 0.29) is 11.8 Å². The van der Waals surface area contributed by atoms with Gasteiger partial charge in [0.15, 0.2) is 5.69 Å². The van der Waals surface area contributed by atoms with Crippen molar-refractivity contribution < 1.29 is 9.53 Å². The molecular formula is C11H19N3O2. The van der Waals surface area contributed by atoms with E-state index in [0.29, 0.717) is 12.2 Å². The van der Waals surface area contributed by atoms with Gasteiger partial charge < -0.3 is 10.5 Å². The molecule has 0 saturated carbocycles. The average molecular weight is 225 g/mol. The van der Waals surface area contributed by atoms with Crippen LogP contribution in [-0.2, 0) is 11.3 Å². The van der Waals surface area contributed by atoms with E-state index >= 15 is 0 Å². The first-order valence-electron chi connectivity index (χ1n) is 5.62. The normalized spacial score (nSPS) is 12.4. The van der Waals surface area contributed by atoms with Crippen LogP contribution in [0.1, 0.15) is 44.1 Å². The summed E-state index contributed by atoms with van der Waals surface area (Å²) in [6, 6.07) is 0. The van der Waals surface area contributed by atoms with Crippen LogP contribution in [0.2, 0.25) is 0 Å². The van der Waals surface area contributed by atoms with E-state index < -0.39 is 5.97 Å². The van der Waals surface area contributed by atoms with Crippen molar-refractivity contribution in [3.05, 3.63) is 11.9 Å². The summed E-state index contributed by atoms with van der Waals surface area (Å²) >= 11 is 0. The lowest BCUT2D eigenvalue weighted by molar-refractivity contribution is 0.0317. The van der Waals surface area contributed by atoms with Crippen LogP contribution in [0.5, 0.6) is 0 Å². The summed E-state index contributed by atoms with van der Waals surface area (Å²) in [5.41, 5.74) is 6.27. The predicted molar refractivity (Wildman–Crippen MR) is 62.1 cm³/mol. The van der Waals surface area contributed by atoms with Crippen molar-refractivity contribution in [2.75, 3.05) is 5.73 Å². The van der Waals surface area contributed by atoms with E-state index in [1.54, 1.807) is 10.9 Å². The zero-order valence-corrected chi connectivity index (χ0v) is 10.1. The Hall–Kier alpha value is -1.52. The average Bonchev–Trinajstić information content (AvgIpc) is 2.60. The van der Waals surface area contributed by atoms with Crippen molar-refractivity contribution in [1.29, 1.82) is 0 Å². The van der Waals surface area contributed by atoms with Crippen LogP contribution >= 0.6 is 0 Å². The van der Waals surface area contributed by atoms with E-state index in [9.17, 15) is 4.79 Å². The highest BCUT2D eigenvalue weighted by molar-refractivity contribution is 5.92. The van der Waals surface area contributed by atoms with Gasteiger partial charge in [0.2, 0.25) is 0 Å². The molecule has 1 atom stereocenters. The highest BCUT2D eigenvalue weighted by Crippen LogP contribution is 2.12. The molecule has 1 rings (SSSR count). The topological polar surface area (TPSA) is 70.1 Å². The van der Waals surface area contributed by atoms with Gasteiger partial charge in [-0.2, -0.15) is 5.10 Å². The van der Waals surface area contributed by atoms with Gasteiger partial charge in [0.05, 0.1) is 11.8 Å². The second-order valence-electron chi connectivity index (χ2n) is 3.79. The van der Waals surface area contributed by atoms with Crippen LogP contribution in [0.3, 0.4) is 0 Å². The fourth-order valence-electron chi connectivity index (χ4n) is 1.46. The van der Waals surface area contributed by atoms with Crippen LogP contribution in [0.4, 0.5) is 5.69 Å². The van der Waals surface area contributed by atoms with Crippen molar-refractivity contribution in [1.82, 2.24) is 9.78 Å². The van der Waals surface area contributed by atoms with E-state index in [2.05, 4.69) is 5.10 Å². The third kappa shape index (κ3) is 2.98. The molecule has 0 saturated heterocycles. The number of carbonyl (C=O) groups is 1. The Labute approximate surface area is 95.6 Å². The molecule has 0 aliphatic rings. The summed E-state index contributed by atoms with van der Waals surface area (Å²) in [7, 11) is 0. The Kier molecular flexibility index (Phi) is 4.34. The zero-order valence-electron chi connectivity index (χ0n) is 10.1. The molecule has 0 fully saturated rings. The number of carbonyl (C=O) groups excluding carboxylic acids is 1. The van der Waals surface area contributed by atoms with E-state index in [1.807, 2.05) is 20.8 Å². The van der Waals surface area contributed by atoms with Gasteiger partial charge >= 0.3 is 5.97 Å². The van der Waals surface area contributed by atoms with E-state index in [0.717, 1.165) is 12.8 Å². The van der Waals surface area contributed by atoms with Crippen molar-refractivity contribution in [3.63, 3.8) is 0 Å². The molecule has 0 aromatic carbocycles. The highest BCUT2D eigenvalue weighted by Gasteiger charge is 2.18. The summed E-state index contributed by atoms with van der Waals surface area (Å²) in [6.07, 6.45) is 3.37. The molecule has 0 aliphatic carbocycles. The van der Waals surface area contributed by atoms with Crippen molar-refractivity contribution in [2.45, 2.75) is 46.3 Å². The molecule has 5 heteroatoms. The van der Waals surface area contributed by atoms with Crippen molar-refractivity contribution >= 4 is 11.7 Å². The lowest BCUT2D eigenvalue weighted by Gasteiger charge is -2.10. The van der Waals surface area contributed by atoms with Crippen LogP contribution in [-0.4, -0.2) is 21.9 Å². The summed E-state index contributed by atoms with van der Waals surface area (Å²) < 4.78 is 6.84. The SMILES string of the molecule is CCCC(C)OC(=O)c1nn(CC)cc1N. The van der Waals surface area contributed by atoms with Crippen molar-refractivity contribution in [3.8, 4) is 0 Å².